The highest BCUT2D eigenvalue weighted by atomic mass is 35.5. The lowest BCUT2D eigenvalue weighted by molar-refractivity contribution is -0.116. The first-order valence-electron chi connectivity index (χ1n) is 7.84. The first-order chi connectivity index (χ1) is 10.9. The van der Waals surface area contributed by atoms with Crippen LogP contribution in [0.1, 0.15) is 52.0 Å². The topological polar surface area (TPSA) is 38.3 Å². The molecular weight excluding hydrogens is 337 g/mol. The molecule has 6 heteroatoms. The highest BCUT2D eigenvalue weighted by molar-refractivity contribution is 7.80. The quantitative estimate of drug-likeness (QED) is 0.640. The van der Waals surface area contributed by atoms with Crippen molar-refractivity contribution in [3.63, 3.8) is 0 Å². The molecule has 1 amide bonds. The van der Waals surface area contributed by atoms with E-state index in [0.717, 1.165) is 19.3 Å². The predicted octanol–water partition coefficient (Wildman–Crippen LogP) is 5.29. The maximum Gasteiger partial charge on any atom is 0.224 e. The number of thiocarbonyl (C=S) groups is 1. The number of carbonyl (C=O) groups is 1. The molecule has 23 heavy (non-hydrogen) atoms. The van der Waals surface area contributed by atoms with Crippen LogP contribution in [0.25, 0.3) is 0 Å². The van der Waals surface area contributed by atoms with Crippen LogP contribution in [0.15, 0.2) is 12.1 Å². The Labute approximate surface area is 147 Å². The fourth-order valence-corrected chi connectivity index (χ4v) is 2.42. The van der Waals surface area contributed by atoms with Crippen molar-refractivity contribution in [2.75, 3.05) is 5.32 Å². The predicted molar refractivity (Wildman–Crippen MR) is 96.7 cm³/mol. The summed E-state index contributed by atoms with van der Waals surface area (Å²) in [4.78, 5) is 11.8. The van der Waals surface area contributed by atoms with Gasteiger partial charge < -0.3 is 10.1 Å². The van der Waals surface area contributed by atoms with E-state index in [2.05, 4.69) is 5.32 Å². The van der Waals surface area contributed by atoms with Gasteiger partial charge >= 0.3 is 0 Å². The maximum absolute atomic E-state index is 14.0. The van der Waals surface area contributed by atoms with E-state index in [-0.39, 0.29) is 22.7 Å². The van der Waals surface area contributed by atoms with Crippen LogP contribution in [0, 0.1) is 5.82 Å². The van der Waals surface area contributed by atoms with E-state index in [1.54, 1.807) is 0 Å². The Morgan fingerprint density at radius 2 is 2.13 bits per heavy atom. The van der Waals surface area contributed by atoms with Crippen LogP contribution in [0.4, 0.5) is 10.1 Å². The SMILES string of the molecule is CCCCC(=O)Nc1cc(CC(=S)OC(C)CC)c(Cl)cc1F. The number of benzene rings is 1. The molecule has 1 unspecified atom stereocenters. The number of hydrogen-bond acceptors (Lipinski definition) is 3. The number of hydrogen-bond donors (Lipinski definition) is 1. The van der Waals surface area contributed by atoms with Gasteiger partial charge in [-0.25, -0.2) is 4.39 Å². The number of nitrogens with one attached hydrogen (secondary N) is 1. The van der Waals surface area contributed by atoms with Crippen molar-refractivity contribution in [1.82, 2.24) is 0 Å². The van der Waals surface area contributed by atoms with Gasteiger partial charge in [-0.3, -0.25) is 4.79 Å². The van der Waals surface area contributed by atoms with E-state index in [1.165, 1.54) is 12.1 Å². The molecule has 3 nitrogen and oxygen atoms in total. The van der Waals surface area contributed by atoms with Gasteiger partial charge in [-0.2, -0.15) is 0 Å². The molecule has 0 aromatic heterocycles. The Hall–Kier alpha value is -1.20. The average molecular weight is 360 g/mol. The Balaban J connectivity index is 2.82. The summed E-state index contributed by atoms with van der Waals surface area (Å²) in [6.45, 7) is 5.92. The molecule has 0 aliphatic carbocycles. The number of amides is 1. The van der Waals surface area contributed by atoms with Crippen LogP contribution in [0.3, 0.4) is 0 Å². The molecule has 1 N–H and O–H groups in total. The van der Waals surface area contributed by atoms with Crippen molar-refractivity contribution in [2.24, 2.45) is 0 Å². The monoisotopic (exact) mass is 359 g/mol. The second-order valence-electron chi connectivity index (χ2n) is 5.46. The van der Waals surface area contributed by atoms with Crippen molar-refractivity contribution < 1.29 is 13.9 Å². The molecule has 0 radical (unpaired) electrons. The second-order valence-corrected chi connectivity index (χ2v) is 6.32. The molecule has 0 heterocycles. The maximum atomic E-state index is 14.0. The zero-order chi connectivity index (χ0) is 17.4. The van der Waals surface area contributed by atoms with Gasteiger partial charge in [0.1, 0.15) is 5.82 Å². The Morgan fingerprint density at radius 1 is 1.43 bits per heavy atom. The first kappa shape index (κ1) is 19.8. The number of carbonyl (C=O) groups excluding carboxylic acids is 1. The van der Waals surface area contributed by atoms with Crippen molar-refractivity contribution in [1.29, 1.82) is 0 Å². The lowest BCUT2D eigenvalue weighted by atomic mass is 10.1. The smallest absolute Gasteiger partial charge is 0.224 e. The zero-order valence-electron chi connectivity index (χ0n) is 13.7. The summed E-state index contributed by atoms with van der Waals surface area (Å²) in [6, 6.07) is 2.71. The van der Waals surface area contributed by atoms with Gasteiger partial charge in [-0.1, -0.05) is 31.9 Å². The summed E-state index contributed by atoms with van der Waals surface area (Å²) in [6.07, 6.45) is 3.20. The van der Waals surface area contributed by atoms with E-state index in [4.69, 9.17) is 28.6 Å². The summed E-state index contributed by atoms with van der Waals surface area (Å²) in [7, 11) is 0. The second kappa shape index (κ2) is 9.83. The summed E-state index contributed by atoms with van der Waals surface area (Å²) in [5.41, 5.74) is 0.754. The lowest BCUT2D eigenvalue weighted by Crippen LogP contribution is -2.15. The standard InChI is InChI=1S/C17H23ClFNO2S/c1-4-6-7-16(21)20-15-8-12(13(18)10-14(15)19)9-17(23)22-11(3)5-2/h8,10-11H,4-7,9H2,1-3H3,(H,20,21). The average Bonchev–Trinajstić information content (AvgIpc) is 2.49. The van der Waals surface area contributed by atoms with Crippen LogP contribution < -0.4 is 5.32 Å². The number of rotatable bonds is 8. The van der Waals surface area contributed by atoms with Gasteiger partial charge in [0.05, 0.1) is 11.8 Å². The van der Waals surface area contributed by atoms with Gasteiger partial charge in [-0.15, -0.1) is 0 Å². The molecule has 0 aliphatic rings. The molecule has 0 spiro atoms. The molecule has 0 aliphatic heterocycles. The number of anilines is 1. The molecule has 1 atom stereocenters. The molecule has 0 saturated carbocycles. The Kier molecular flexibility index (Phi) is 8.48. The van der Waals surface area contributed by atoms with Crippen molar-refractivity contribution in [3.05, 3.63) is 28.5 Å². The molecule has 1 aromatic carbocycles. The van der Waals surface area contributed by atoms with E-state index < -0.39 is 5.82 Å². The van der Waals surface area contributed by atoms with E-state index in [9.17, 15) is 9.18 Å². The van der Waals surface area contributed by atoms with Crippen molar-refractivity contribution in [3.8, 4) is 0 Å². The Bertz CT molecular complexity index is 566. The lowest BCUT2D eigenvalue weighted by Gasteiger charge is -2.15. The minimum atomic E-state index is -0.558. The number of halogens is 2. The molecule has 128 valence electrons. The third-order valence-corrected chi connectivity index (χ3v) is 4.00. The van der Waals surface area contributed by atoms with Crippen LogP contribution in [-0.4, -0.2) is 17.1 Å². The molecule has 1 rings (SSSR count). The van der Waals surface area contributed by atoms with Crippen LogP contribution in [-0.2, 0) is 16.0 Å². The van der Waals surface area contributed by atoms with E-state index >= 15 is 0 Å². The van der Waals surface area contributed by atoms with Crippen LogP contribution >= 0.6 is 23.8 Å². The minimum absolute atomic E-state index is 0.0231. The van der Waals surface area contributed by atoms with Gasteiger partial charge in [0.25, 0.3) is 0 Å². The summed E-state index contributed by atoms with van der Waals surface area (Å²) in [5, 5.41) is 3.25. The highest BCUT2D eigenvalue weighted by Crippen LogP contribution is 2.25. The van der Waals surface area contributed by atoms with Crippen LogP contribution in [0.2, 0.25) is 5.02 Å². The minimum Gasteiger partial charge on any atom is -0.484 e. The molecule has 0 fully saturated rings. The van der Waals surface area contributed by atoms with E-state index in [1.807, 2.05) is 20.8 Å². The van der Waals surface area contributed by atoms with Gasteiger partial charge in [-0.05, 0) is 49.7 Å². The number of ether oxygens (including phenoxy) is 1. The first-order valence-corrected chi connectivity index (χ1v) is 8.63. The summed E-state index contributed by atoms with van der Waals surface area (Å²) < 4.78 is 19.5. The van der Waals surface area contributed by atoms with Gasteiger partial charge in [0.2, 0.25) is 5.91 Å². The van der Waals surface area contributed by atoms with Gasteiger partial charge in [0, 0.05) is 17.9 Å². The highest BCUT2D eigenvalue weighted by Gasteiger charge is 2.14. The van der Waals surface area contributed by atoms with Crippen molar-refractivity contribution >= 4 is 40.5 Å². The zero-order valence-corrected chi connectivity index (χ0v) is 15.3. The molecule has 1 aromatic rings. The van der Waals surface area contributed by atoms with Crippen molar-refractivity contribution in [2.45, 2.75) is 59.0 Å². The summed E-state index contributed by atoms with van der Waals surface area (Å²) >= 11 is 11.3. The normalized spacial score (nSPS) is 11.9. The van der Waals surface area contributed by atoms with Crippen LogP contribution in [0.5, 0.6) is 0 Å². The fourth-order valence-electron chi connectivity index (χ4n) is 1.88. The fraction of sp³-hybridized carbons (Fsp3) is 0.529. The van der Waals surface area contributed by atoms with E-state index in [0.29, 0.717) is 23.5 Å². The third-order valence-electron chi connectivity index (χ3n) is 3.41. The molecule has 0 saturated heterocycles. The molecular formula is C17H23ClFNO2S. The van der Waals surface area contributed by atoms with Gasteiger partial charge in [0.15, 0.2) is 5.05 Å². The third kappa shape index (κ3) is 6.83. The summed E-state index contributed by atoms with van der Waals surface area (Å²) in [5.74, 6) is -0.769. The largest absolute Gasteiger partial charge is 0.484 e. The molecule has 0 bridgehead atoms. The Morgan fingerprint density at radius 3 is 2.74 bits per heavy atom. The number of unbranched alkanes of at least 4 members (excludes halogenated alkanes) is 1.